The van der Waals surface area contributed by atoms with Crippen molar-refractivity contribution in [3.63, 3.8) is 0 Å². The van der Waals surface area contributed by atoms with Crippen LogP contribution in [0.2, 0.25) is 5.02 Å². The first-order valence-electron chi connectivity index (χ1n) is 9.98. The lowest BCUT2D eigenvalue weighted by Gasteiger charge is -2.36. The molecule has 1 fully saturated rings. The van der Waals surface area contributed by atoms with Gasteiger partial charge in [0.1, 0.15) is 11.1 Å². The standard InChI is InChI=1S/C22H21ClN4O3/c23-16-6-2-3-7-17(16)26-12-9-25(10-13-26)11-14-27-21(28)20-19(24-22(27)29)15-5-1-4-8-18(15)30-20/h1-8H,9-14H2,(H,24,29). The van der Waals surface area contributed by atoms with Gasteiger partial charge in [-0.05, 0) is 24.3 Å². The summed E-state index contributed by atoms with van der Waals surface area (Å²) in [7, 11) is 0. The lowest BCUT2D eigenvalue weighted by atomic mass is 10.2. The Kier molecular flexibility index (Phi) is 4.84. The van der Waals surface area contributed by atoms with Gasteiger partial charge in [-0.15, -0.1) is 0 Å². The molecule has 1 saturated heterocycles. The Hall–Kier alpha value is -3.03. The average Bonchev–Trinajstić information content (AvgIpc) is 3.13. The number of para-hydroxylation sites is 2. The third-order valence-corrected chi connectivity index (χ3v) is 6.04. The summed E-state index contributed by atoms with van der Waals surface area (Å²) < 4.78 is 6.94. The second-order valence-corrected chi connectivity index (χ2v) is 7.88. The van der Waals surface area contributed by atoms with Gasteiger partial charge >= 0.3 is 5.69 Å². The molecule has 0 atom stereocenters. The number of benzene rings is 2. The zero-order valence-electron chi connectivity index (χ0n) is 16.3. The van der Waals surface area contributed by atoms with Crippen molar-refractivity contribution in [2.24, 2.45) is 0 Å². The van der Waals surface area contributed by atoms with E-state index in [1.165, 1.54) is 4.57 Å². The third-order valence-electron chi connectivity index (χ3n) is 5.72. The minimum absolute atomic E-state index is 0.194. The molecule has 0 radical (unpaired) electrons. The fourth-order valence-corrected chi connectivity index (χ4v) is 4.33. The summed E-state index contributed by atoms with van der Waals surface area (Å²) in [4.78, 5) is 32.8. The normalized spacial score (nSPS) is 15.3. The Morgan fingerprint density at radius 2 is 1.67 bits per heavy atom. The first-order valence-corrected chi connectivity index (χ1v) is 10.4. The highest BCUT2D eigenvalue weighted by Gasteiger charge is 2.20. The summed E-state index contributed by atoms with van der Waals surface area (Å²) in [5.41, 5.74) is 1.49. The largest absolute Gasteiger partial charge is 0.449 e. The Morgan fingerprint density at radius 1 is 0.933 bits per heavy atom. The van der Waals surface area contributed by atoms with Crippen molar-refractivity contribution in [2.45, 2.75) is 6.54 Å². The Morgan fingerprint density at radius 3 is 2.47 bits per heavy atom. The number of fused-ring (bicyclic) bond motifs is 3. The highest BCUT2D eigenvalue weighted by molar-refractivity contribution is 6.33. The number of hydrogen-bond acceptors (Lipinski definition) is 5. The molecule has 1 N–H and O–H groups in total. The smallest absolute Gasteiger partial charge is 0.329 e. The molecule has 0 amide bonds. The van der Waals surface area contributed by atoms with Crippen LogP contribution in [0.5, 0.6) is 0 Å². The van der Waals surface area contributed by atoms with Gasteiger partial charge in [-0.2, -0.15) is 0 Å². The van der Waals surface area contributed by atoms with Gasteiger partial charge in [0.15, 0.2) is 0 Å². The monoisotopic (exact) mass is 424 g/mol. The molecule has 2 aromatic carbocycles. The van der Waals surface area contributed by atoms with E-state index in [2.05, 4.69) is 14.8 Å². The number of nitrogens with one attached hydrogen (secondary N) is 1. The molecule has 1 aliphatic rings. The molecule has 0 aliphatic carbocycles. The lowest BCUT2D eigenvalue weighted by Crippen LogP contribution is -2.48. The second kappa shape index (κ2) is 7.66. The summed E-state index contributed by atoms with van der Waals surface area (Å²) in [6.07, 6.45) is 0. The van der Waals surface area contributed by atoms with E-state index in [0.717, 1.165) is 42.3 Å². The summed E-state index contributed by atoms with van der Waals surface area (Å²) in [6.45, 7) is 4.29. The van der Waals surface area contributed by atoms with E-state index in [-0.39, 0.29) is 11.1 Å². The first-order chi connectivity index (χ1) is 14.6. The summed E-state index contributed by atoms with van der Waals surface area (Å²) >= 11 is 6.31. The predicted molar refractivity (Wildman–Crippen MR) is 119 cm³/mol. The molecule has 7 nitrogen and oxygen atoms in total. The zero-order valence-corrected chi connectivity index (χ0v) is 17.1. The highest BCUT2D eigenvalue weighted by atomic mass is 35.5. The van der Waals surface area contributed by atoms with Crippen LogP contribution in [0.15, 0.2) is 62.5 Å². The molecule has 4 aromatic rings. The second-order valence-electron chi connectivity index (χ2n) is 7.47. The van der Waals surface area contributed by atoms with Gasteiger partial charge in [0.05, 0.1) is 10.7 Å². The molecule has 3 heterocycles. The number of anilines is 1. The molecule has 2 aromatic heterocycles. The number of H-pyrrole nitrogens is 1. The topological polar surface area (TPSA) is 74.5 Å². The molecule has 0 spiro atoms. The summed E-state index contributed by atoms with van der Waals surface area (Å²) in [5, 5.41) is 1.49. The van der Waals surface area contributed by atoms with Crippen LogP contribution in [0, 0.1) is 0 Å². The van der Waals surface area contributed by atoms with Crippen molar-refractivity contribution < 1.29 is 4.42 Å². The van der Waals surface area contributed by atoms with Crippen molar-refractivity contribution in [1.29, 1.82) is 0 Å². The lowest BCUT2D eigenvalue weighted by molar-refractivity contribution is 0.246. The Bertz CT molecular complexity index is 1330. The van der Waals surface area contributed by atoms with Crippen LogP contribution >= 0.6 is 11.6 Å². The number of aromatic amines is 1. The van der Waals surface area contributed by atoms with E-state index in [9.17, 15) is 9.59 Å². The molecule has 154 valence electrons. The van der Waals surface area contributed by atoms with E-state index < -0.39 is 5.69 Å². The van der Waals surface area contributed by atoms with Crippen LogP contribution in [-0.2, 0) is 6.54 Å². The SMILES string of the molecule is O=c1[nH]c2c(oc3ccccc32)c(=O)n1CCN1CCN(c2ccccc2Cl)CC1. The summed E-state index contributed by atoms with van der Waals surface area (Å²) in [5.74, 6) is 0. The van der Waals surface area contributed by atoms with E-state index in [1.54, 1.807) is 6.07 Å². The Labute approximate surface area is 177 Å². The zero-order chi connectivity index (χ0) is 20.7. The fourth-order valence-electron chi connectivity index (χ4n) is 4.07. The van der Waals surface area contributed by atoms with Crippen molar-refractivity contribution in [3.05, 3.63) is 74.4 Å². The third kappa shape index (κ3) is 3.30. The average molecular weight is 425 g/mol. The van der Waals surface area contributed by atoms with Crippen LogP contribution in [-0.4, -0.2) is 47.2 Å². The van der Waals surface area contributed by atoms with E-state index in [1.807, 2.05) is 42.5 Å². The molecule has 0 bridgehead atoms. The number of hydrogen-bond donors (Lipinski definition) is 1. The molecule has 1 aliphatic heterocycles. The van der Waals surface area contributed by atoms with Gasteiger partial charge in [0, 0.05) is 44.7 Å². The van der Waals surface area contributed by atoms with Crippen LogP contribution in [0.25, 0.3) is 22.1 Å². The predicted octanol–water partition coefficient (Wildman–Crippen LogP) is 2.91. The van der Waals surface area contributed by atoms with Crippen molar-refractivity contribution >= 4 is 39.4 Å². The molecular weight excluding hydrogens is 404 g/mol. The Balaban J connectivity index is 1.31. The van der Waals surface area contributed by atoms with E-state index in [0.29, 0.717) is 24.2 Å². The quantitative estimate of drug-likeness (QED) is 0.545. The number of nitrogens with zero attached hydrogens (tertiary/aromatic N) is 3. The van der Waals surface area contributed by atoms with Gasteiger partial charge in [-0.25, -0.2) is 4.79 Å². The van der Waals surface area contributed by atoms with Crippen LogP contribution in [0.1, 0.15) is 0 Å². The molecule has 0 saturated carbocycles. The van der Waals surface area contributed by atoms with Gasteiger partial charge in [0.25, 0.3) is 5.56 Å². The maximum absolute atomic E-state index is 12.9. The molecule has 8 heteroatoms. The van der Waals surface area contributed by atoms with Crippen molar-refractivity contribution in [3.8, 4) is 0 Å². The van der Waals surface area contributed by atoms with Gasteiger partial charge in [0.2, 0.25) is 5.58 Å². The van der Waals surface area contributed by atoms with Gasteiger partial charge in [-0.1, -0.05) is 35.9 Å². The van der Waals surface area contributed by atoms with Gasteiger partial charge < -0.3 is 14.3 Å². The number of furan rings is 1. The van der Waals surface area contributed by atoms with Crippen molar-refractivity contribution in [1.82, 2.24) is 14.5 Å². The van der Waals surface area contributed by atoms with E-state index >= 15 is 0 Å². The minimum atomic E-state index is -0.409. The van der Waals surface area contributed by atoms with Gasteiger partial charge in [-0.3, -0.25) is 14.3 Å². The first kappa shape index (κ1) is 19.0. The molecule has 30 heavy (non-hydrogen) atoms. The van der Waals surface area contributed by atoms with Crippen LogP contribution < -0.4 is 16.1 Å². The maximum Gasteiger partial charge on any atom is 0.329 e. The van der Waals surface area contributed by atoms with Crippen molar-refractivity contribution in [2.75, 3.05) is 37.6 Å². The molecule has 5 rings (SSSR count). The van der Waals surface area contributed by atoms with Crippen LogP contribution in [0.4, 0.5) is 5.69 Å². The molecular formula is C22H21ClN4O3. The van der Waals surface area contributed by atoms with Crippen LogP contribution in [0.3, 0.4) is 0 Å². The number of aromatic nitrogens is 2. The number of piperazine rings is 1. The number of halogens is 1. The summed E-state index contributed by atoms with van der Waals surface area (Å²) in [6, 6.07) is 15.1. The van der Waals surface area contributed by atoms with E-state index in [4.69, 9.17) is 16.0 Å². The fraction of sp³-hybridized carbons (Fsp3) is 0.273. The molecule has 0 unspecified atom stereocenters. The minimum Gasteiger partial charge on any atom is -0.449 e. The highest BCUT2D eigenvalue weighted by Crippen LogP contribution is 2.26. The number of rotatable bonds is 4. The maximum atomic E-state index is 12.9.